The Morgan fingerprint density at radius 3 is 2.58 bits per heavy atom. The van der Waals surface area contributed by atoms with Crippen molar-refractivity contribution in [2.24, 2.45) is 0 Å². The number of hydrogen-bond acceptors (Lipinski definition) is 4. The molecular formula is C5H4N2O4S. The van der Waals surface area contributed by atoms with Crippen LogP contribution in [0.2, 0.25) is 0 Å². The molecule has 6 nitrogen and oxygen atoms in total. The van der Waals surface area contributed by atoms with Gasteiger partial charge in [0.1, 0.15) is 6.20 Å². The number of nitro groups is 1. The van der Waals surface area contributed by atoms with Crippen LogP contribution < -0.4 is 0 Å². The summed E-state index contributed by atoms with van der Waals surface area (Å²) in [7, 11) is 0. The molecule has 64 valence electrons. The van der Waals surface area contributed by atoms with E-state index in [1.807, 2.05) is 0 Å². The van der Waals surface area contributed by atoms with Crippen molar-refractivity contribution in [1.82, 2.24) is 4.98 Å². The number of rotatable bonds is 2. The Morgan fingerprint density at radius 1 is 1.58 bits per heavy atom. The Balaban J connectivity index is 3.01. The van der Waals surface area contributed by atoms with Crippen LogP contribution in [0.25, 0.3) is 0 Å². The number of nitrogens with zero attached hydrogens (tertiary/aromatic N) is 2. The maximum absolute atomic E-state index is 10.4. The van der Waals surface area contributed by atoms with Gasteiger partial charge in [0.2, 0.25) is 11.1 Å². The van der Waals surface area contributed by atoms with Crippen LogP contribution in [0.1, 0.15) is 0 Å². The molecule has 1 rings (SSSR count). The second-order valence-electron chi connectivity index (χ2n) is 1.86. The Hall–Kier alpha value is -1.34. The minimum absolute atomic E-state index is 0.0967. The van der Waals surface area contributed by atoms with Gasteiger partial charge in [0, 0.05) is 6.07 Å². The topological polar surface area (TPSA) is 93.3 Å². The lowest BCUT2D eigenvalue weighted by atomic mass is 10.4. The summed E-state index contributed by atoms with van der Waals surface area (Å²) in [4.78, 5) is 12.9. The van der Waals surface area contributed by atoms with Gasteiger partial charge in [0.05, 0.1) is 4.92 Å². The van der Waals surface area contributed by atoms with E-state index in [4.69, 9.17) is 4.55 Å². The molecule has 0 aromatic carbocycles. The molecule has 1 unspecified atom stereocenters. The third-order valence-corrected chi connectivity index (χ3v) is 1.71. The monoisotopic (exact) mass is 188 g/mol. The maximum atomic E-state index is 10.4. The third-order valence-electron chi connectivity index (χ3n) is 1.11. The van der Waals surface area contributed by atoms with E-state index in [2.05, 4.69) is 4.98 Å². The summed E-state index contributed by atoms with van der Waals surface area (Å²) in [6.07, 6.45) is 0.934. The summed E-state index contributed by atoms with van der Waals surface area (Å²) >= 11 is -2.18. The van der Waals surface area contributed by atoms with Crippen LogP contribution in [0.4, 0.5) is 5.69 Å². The standard InChI is InChI=1S/C5H4N2O4S/c8-7(9)4-1-2-5(6-3-4)12(10)11/h1-3H,(H,10,11). The average molecular weight is 188 g/mol. The molecule has 12 heavy (non-hydrogen) atoms. The molecule has 1 atom stereocenters. The van der Waals surface area contributed by atoms with E-state index in [1.165, 1.54) is 0 Å². The first-order chi connectivity index (χ1) is 5.61. The Kier molecular flexibility index (Phi) is 2.46. The lowest BCUT2D eigenvalue weighted by Crippen LogP contribution is -1.94. The molecule has 0 aliphatic carbocycles. The molecule has 1 N–H and O–H groups in total. The van der Waals surface area contributed by atoms with Gasteiger partial charge in [-0.25, -0.2) is 9.19 Å². The van der Waals surface area contributed by atoms with Crippen molar-refractivity contribution in [2.45, 2.75) is 5.03 Å². The first kappa shape index (κ1) is 8.75. The summed E-state index contributed by atoms with van der Waals surface area (Å²) in [5.41, 5.74) is -0.204. The van der Waals surface area contributed by atoms with E-state index >= 15 is 0 Å². The minimum atomic E-state index is -2.18. The molecule has 0 saturated carbocycles. The molecule has 1 heterocycles. The quantitative estimate of drug-likeness (QED) is 0.416. The summed E-state index contributed by atoms with van der Waals surface area (Å²) in [6, 6.07) is 2.25. The first-order valence-electron chi connectivity index (χ1n) is 2.82. The second-order valence-corrected chi connectivity index (χ2v) is 2.78. The van der Waals surface area contributed by atoms with E-state index < -0.39 is 16.0 Å². The van der Waals surface area contributed by atoms with Crippen molar-refractivity contribution >= 4 is 16.8 Å². The number of hydrogen-bond donors (Lipinski definition) is 1. The molecular weight excluding hydrogens is 184 g/mol. The van der Waals surface area contributed by atoms with E-state index in [9.17, 15) is 14.3 Å². The molecule has 0 bridgehead atoms. The lowest BCUT2D eigenvalue weighted by Gasteiger charge is -1.92. The van der Waals surface area contributed by atoms with E-state index in [-0.39, 0.29) is 10.7 Å². The smallest absolute Gasteiger partial charge is 0.287 e. The van der Waals surface area contributed by atoms with Gasteiger partial charge in [-0.05, 0) is 6.07 Å². The summed E-state index contributed by atoms with van der Waals surface area (Å²) in [5.74, 6) is 0. The van der Waals surface area contributed by atoms with Crippen LogP contribution >= 0.6 is 0 Å². The number of pyridine rings is 1. The molecule has 0 radical (unpaired) electrons. The molecule has 1 aromatic heterocycles. The maximum Gasteiger partial charge on any atom is 0.287 e. The molecule has 1 aromatic rings. The largest absolute Gasteiger partial charge is 0.301 e. The molecule has 0 amide bonds. The number of aromatic nitrogens is 1. The van der Waals surface area contributed by atoms with Crippen LogP contribution in [-0.2, 0) is 11.1 Å². The molecule has 7 heteroatoms. The van der Waals surface area contributed by atoms with Crippen molar-refractivity contribution in [3.8, 4) is 0 Å². The highest BCUT2D eigenvalue weighted by atomic mass is 32.2. The van der Waals surface area contributed by atoms with Crippen LogP contribution in [0.15, 0.2) is 23.4 Å². The molecule has 0 aliphatic heterocycles. The van der Waals surface area contributed by atoms with Gasteiger partial charge in [0.15, 0.2) is 5.03 Å². The lowest BCUT2D eigenvalue weighted by molar-refractivity contribution is -0.385. The van der Waals surface area contributed by atoms with Gasteiger partial charge in [-0.1, -0.05) is 0 Å². The Bertz CT molecular complexity index is 290. The zero-order valence-corrected chi connectivity index (χ0v) is 6.52. The molecule has 0 spiro atoms. The van der Waals surface area contributed by atoms with Gasteiger partial charge < -0.3 is 4.55 Å². The zero-order chi connectivity index (χ0) is 9.14. The second kappa shape index (κ2) is 3.37. The van der Waals surface area contributed by atoms with Crippen LogP contribution in [0, 0.1) is 10.1 Å². The van der Waals surface area contributed by atoms with Crippen LogP contribution in [-0.4, -0.2) is 18.7 Å². The average Bonchev–Trinajstić information content (AvgIpc) is 2.04. The van der Waals surface area contributed by atoms with E-state index in [0.29, 0.717) is 0 Å². The summed E-state index contributed by atoms with van der Waals surface area (Å²) < 4.78 is 18.9. The highest BCUT2D eigenvalue weighted by Crippen LogP contribution is 2.09. The van der Waals surface area contributed by atoms with Crippen molar-refractivity contribution in [1.29, 1.82) is 0 Å². The van der Waals surface area contributed by atoms with Gasteiger partial charge in [0.25, 0.3) is 5.69 Å². The van der Waals surface area contributed by atoms with Crippen molar-refractivity contribution in [3.05, 3.63) is 28.4 Å². The molecule has 0 fully saturated rings. The molecule has 0 saturated heterocycles. The highest BCUT2D eigenvalue weighted by Gasteiger charge is 2.07. The van der Waals surface area contributed by atoms with E-state index in [0.717, 1.165) is 18.3 Å². The van der Waals surface area contributed by atoms with Crippen LogP contribution in [0.5, 0.6) is 0 Å². The fourth-order valence-corrected chi connectivity index (χ4v) is 0.911. The molecule has 0 aliphatic rings. The fourth-order valence-electron chi connectivity index (χ4n) is 0.584. The van der Waals surface area contributed by atoms with Gasteiger partial charge in [-0.3, -0.25) is 10.1 Å². The van der Waals surface area contributed by atoms with Crippen molar-refractivity contribution in [3.63, 3.8) is 0 Å². The third kappa shape index (κ3) is 1.83. The summed E-state index contributed by atoms with van der Waals surface area (Å²) in [5, 5.41) is 10.0. The van der Waals surface area contributed by atoms with Gasteiger partial charge >= 0.3 is 0 Å². The zero-order valence-electron chi connectivity index (χ0n) is 5.71. The van der Waals surface area contributed by atoms with E-state index in [1.54, 1.807) is 0 Å². The van der Waals surface area contributed by atoms with Gasteiger partial charge in [-0.2, -0.15) is 0 Å². The van der Waals surface area contributed by atoms with Crippen molar-refractivity contribution in [2.75, 3.05) is 0 Å². The predicted molar refractivity (Wildman–Crippen MR) is 39.9 cm³/mol. The first-order valence-corrected chi connectivity index (χ1v) is 3.93. The van der Waals surface area contributed by atoms with Crippen LogP contribution in [0.3, 0.4) is 0 Å². The fraction of sp³-hybridized carbons (Fsp3) is 0. The predicted octanol–water partition coefficient (Wildman–Crippen LogP) is 0.570. The highest BCUT2D eigenvalue weighted by molar-refractivity contribution is 7.79. The minimum Gasteiger partial charge on any atom is -0.301 e. The Morgan fingerprint density at radius 2 is 2.25 bits per heavy atom. The SMILES string of the molecule is O=[N+]([O-])c1ccc(S(=O)O)nc1. The Labute approximate surface area is 69.7 Å². The van der Waals surface area contributed by atoms with Crippen molar-refractivity contribution < 1.29 is 13.7 Å². The summed E-state index contributed by atoms with van der Waals surface area (Å²) in [6.45, 7) is 0. The normalized spacial score (nSPS) is 12.4. The van der Waals surface area contributed by atoms with Gasteiger partial charge in [-0.15, -0.1) is 0 Å².